The molecule has 0 aliphatic carbocycles. The second-order valence-corrected chi connectivity index (χ2v) is 11.4. The normalized spacial score (nSPS) is 21.7. The van der Waals surface area contributed by atoms with Crippen LogP contribution in [0.15, 0.2) is 71.7 Å². The van der Waals surface area contributed by atoms with Crippen molar-refractivity contribution in [2.24, 2.45) is 0 Å². The molecule has 3 aromatic rings. The van der Waals surface area contributed by atoms with E-state index < -0.39 is 67.6 Å². The molecule has 242 valence electrons. The number of rotatable bonds is 13. The minimum Gasteiger partial charge on any atom is -0.457 e. The van der Waals surface area contributed by atoms with Crippen LogP contribution in [0.3, 0.4) is 0 Å². The number of aliphatic hydroxyl groups is 1. The zero-order valence-corrected chi connectivity index (χ0v) is 24.5. The van der Waals surface area contributed by atoms with Crippen LogP contribution in [-0.2, 0) is 23.4 Å². The van der Waals surface area contributed by atoms with Crippen LogP contribution in [-0.4, -0.2) is 56.5 Å². The number of alkyl halides is 2. The molecular formula is C26H28F2N5O11P. The number of nitrogens with zero attached hydrogens (tertiary/aromatic N) is 3. The number of carbonyl (C=O) groups excluding carboxylic acids is 1. The minimum atomic E-state index is -4.58. The highest BCUT2D eigenvalue weighted by molar-refractivity contribution is 7.52. The van der Waals surface area contributed by atoms with Gasteiger partial charge in [0.05, 0.1) is 6.61 Å². The summed E-state index contributed by atoms with van der Waals surface area (Å²) in [5.41, 5.74) is 4.70. The lowest BCUT2D eigenvalue weighted by Gasteiger charge is -2.25. The number of carbonyl (C=O) groups is 1. The van der Waals surface area contributed by atoms with Crippen molar-refractivity contribution in [2.45, 2.75) is 50.4 Å². The number of esters is 1. The van der Waals surface area contributed by atoms with Gasteiger partial charge in [0.25, 0.3) is 5.09 Å². The lowest BCUT2D eigenvalue weighted by atomic mass is 10.1. The van der Waals surface area contributed by atoms with Gasteiger partial charge in [0.1, 0.15) is 35.6 Å². The van der Waals surface area contributed by atoms with Crippen molar-refractivity contribution in [1.29, 1.82) is 0 Å². The molecule has 4 rings (SSSR count). The first-order chi connectivity index (χ1) is 21.2. The Hall–Kier alpha value is -4.48. The molecule has 2 aromatic carbocycles. The average molecular weight is 656 g/mol. The molecule has 0 saturated carbocycles. The Morgan fingerprint density at radius 1 is 1.20 bits per heavy atom. The number of nitrogens with two attached hydrogens (primary N) is 1. The van der Waals surface area contributed by atoms with Crippen molar-refractivity contribution in [2.75, 3.05) is 12.3 Å². The first-order valence-corrected chi connectivity index (χ1v) is 14.7. The Morgan fingerprint density at radius 3 is 2.49 bits per heavy atom. The quantitative estimate of drug-likeness (QED) is 0.104. The van der Waals surface area contributed by atoms with E-state index in [-0.39, 0.29) is 17.3 Å². The van der Waals surface area contributed by atoms with Gasteiger partial charge >= 0.3 is 25.3 Å². The van der Waals surface area contributed by atoms with Gasteiger partial charge in [-0.3, -0.25) is 18.7 Å². The first-order valence-electron chi connectivity index (χ1n) is 13.1. The van der Waals surface area contributed by atoms with Crippen molar-refractivity contribution in [3.05, 3.63) is 93.0 Å². The van der Waals surface area contributed by atoms with E-state index in [9.17, 15) is 38.2 Å². The maximum atomic E-state index is 15.0. The number of nitrogens with one attached hydrogen (secondary N) is 1. The molecule has 1 aromatic heterocycles. The minimum absolute atomic E-state index is 0.0231. The second-order valence-electron chi connectivity index (χ2n) is 9.70. The van der Waals surface area contributed by atoms with Crippen LogP contribution in [0, 0.1) is 10.1 Å². The van der Waals surface area contributed by atoms with Crippen molar-refractivity contribution in [3.63, 3.8) is 0 Å². The summed E-state index contributed by atoms with van der Waals surface area (Å²) in [6, 6.07) is 12.8. The predicted octanol–water partition coefficient (Wildman–Crippen LogP) is 2.78. The SMILES string of the molecule is CC(OC(=O)[C@H](C)NP(=O)(OC[C@H]1O[C@@H](n2ccc(N)nc2=O)C(F)(F)C1O)Oc1ccccc1)c1ccc(O[N+](=O)[O-])cc1. The fraction of sp³-hybridized carbons (Fsp3) is 0.346. The Balaban J connectivity index is 1.46. The van der Waals surface area contributed by atoms with Gasteiger partial charge in [-0.2, -0.15) is 18.9 Å². The molecule has 3 unspecified atom stereocenters. The van der Waals surface area contributed by atoms with Gasteiger partial charge in [-0.25, -0.2) is 9.36 Å². The zero-order chi connectivity index (χ0) is 32.9. The van der Waals surface area contributed by atoms with E-state index in [0.29, 0.717) is 10.1 Å². The summed E-state index contributed by atoms with van der Waals surface area (Å²) in [6.45, 7) is 1.86. The molecule has 0 radical (unpaired) electrons. The first kappa shape index (κ1) is 33.4. The molecule has 1 aliphatic heterocycles. The summed E-state index contributed by atoms with van der Waals surface area (Å²) >= 11 is 0. The number of anilines is 1. The van der Waals surface area contributed by atoms with Crippen LogP contribution < -0.4 is 25.9 Å². The van der Waals surface area contributed by atoms with Gasteiger partial charge in [0, 0.05) is 6.20 Å². The number of aromatic nitrogens is 2. The standard InChI is InChI=1S/C26H28F2N5O11P/c1-15(23(35)41-16(2)17-8-10-18(11-9-17)43-33(37)38)31-45(39,44-19-6-4-3-5-7-19)40-14-20-22(34)26(27,28)24(42-20)32-13-12-21(29)30-25(32)36/h3-13,15-16,20,22,24,34H,14H2,1-2H3,(H,31,39)(H2,29,30,36)/t15-,16?,20+,22?,24+,45?/m0/s1. The summed E-state index contributed by atoms with van der Waals surface area (Å²) in [6.07, 6.45) is -6.56. The van der Waals surface area contributed by atoms with Crippen molar-refractivity contribution < 1.29 is 51.7 Å². The molecule has 45 heavy (non-hydrogen) atoms. The third-order valence-electron chi connectivity index (χ3n) is 6.39. The highest BCUT2D eigenvalue weighted by atomic mass is 31.2. The van der Waals surface area contributed by atoms with Gasteiger partial charge in [-0.1, -0.05) is 30.3 Å². The van der Waals surface area contributed by atoms with Crippen molar-refractivity contribution in [1.82, 2.24) is 14.6 Å². The van der Waals surface area contributed by atoms with E-state index in [1.165, 1.54) is 50.2 Å². The molecule has 6 atom stereocenters. The monoisotopic (exact) mass is 655 g/mol. The van der Waals surface area contributed by atoms with Gasteiger partial charge in [-0.15, -0.1) is 10.1 Å². The molecule has 1 saturated heterocycles. The maximum Gasteiger partial charge on any atom is 0.459 e. The highest BCUT2D eigenvalue weighted by Gasteiger charge is 2.60. The zero-order valence-electron chi connectivity index (χ0n) is 23.6. The number of hydrogen-bond donors (Lipinski definition) is 3. The molecule has 4 N–H and O–H groups in total. The van der Waals surface area contributed by atoms with E-state index in [2.05, 4.69) is 14.9 Å². The largest absolute Gasteiger partial charge is 0.459 e. The van der Waals surface area contributed by atoms with Gasteiger partial charge < -0.3 is 24.8 Å². The summed E-state index contributed by atoms with van der Waals surface area (Å²) < 4.78 is 65.7. The third-order valence-corrected chi connectivity index (χ3v) is 8.03. The van der Waals surface area contributed by atoms with Gasteiger partial charge in [-0.05, 0) is 49.7 Å². The number of aliphatic hydroxyl groups excluding tert-OH is 1. The van der Waals surface area contributed by atoms with E-state index in [0.717, 1.165) is 12.3 Å². The number of para-hydroxylation sites is 1. The van der Waals surface area contributed by atoms with Gasteiger partial charge in [0.15, 0.2) is 6.10 Å². The average Bonchev–Trinajstić information content (AvgIpc) is 3.20. The number of ether oxygens (including phenoxy) is 2. The Morgan fingerprint density at radius 2 is 1.87 bits per heavy atom. The summed E-state index contributed by atoms with van der Waals surface area (Å²) in [7, 11) is -4.58. The highest BCUT2D eigenvalue weighted by Crippen LogP contribution is 2.48. The van der Waals surface area contributed by atoms with E-state index >= 15 is 0 Å². The van der Waals surface area contributed by atoms with E-state index in [1.54, 1.807) is 18.2 Å². The Bertz CT molecular complexity index is 1610. The van der Waals surface area contributed by atoms with E-state index in [1.807, 2.05) is 0 Å². The molecule has 1 fully saturated rings. The van der Waals surface area contributed by atoms with Gasteiger partial charge in [0.2, 0.25) is 6.23 Å². The molecule has 1 aliphatic rings. The topological polar surface area (TPSA) is 217 Å². The van der Waals surface area contributed by atoms with Crippen molar-refractivity contribution >= 4 is 19.5 Å². The number of benzene rings is 2. The van der Waals surface area contributed by atoms with Crippen molar-refractivity contribution in [3.8, 4) is 11.5 Å². The molecule has 0 amide bonds. The van der Waals surface area contributed by atoms with E-state index in [4.69, 9.17) is 24.3 Å². The second kappa shape index (κ2) is 13.7. The summed E-state index contributed by atoms with van der Waals surface area (Å²) in [5.74, 6) is -5.17. The third kappa shape index (κ3) is 8.17. The maximum absolute atomic E-state index is 15.0. The smallest absolute Gasteiger partial charge is 0.457 e. The molecular weight excluding hydrogens is 627 g/mol. The molecule has 19 heteroatoms. The van der Waals surface area contributed by atoms with Crippen LogP contribution in [0.25, 0.3) is 0 Å². The molecule has 2 heterocycles. The number of nitrogen functional groups attached to an aromatic ring is 1. The molecule has 16 nitrogen and oxygen atoms in total. The van der Waals surface area contributed by atoms with Crippen LogP contribution in [0.1, 0.15) is 31.7 Å². The Labute approximate surface area is 253 Å². The lowest BCUT2D eigenvalue weighted by Crippen LogP contribution is -2.42. The number of hydrogen-bond acceptors (Lipinski definition) is 13. The summed E-state index contributed by atoms with van der Waals surface area (Å²) in [4.78, 5) is 43.2. The van der Waals surface area contributed by atoms with Crippen LogP contribution in [0.5, 0.6) is 11.5 Å². The molecule has 0 bridgehead atoms. The fourth-order valence-corrected chi connectivity index (χ4v) is 5.61. The number of halogens is 2. The van der Waals surface area contributed by atoms with Crippen LogP contribution in [0.2, 0.25) is 0 Å². The lowest BCUT2D eigenvalue weighted by molar-refractivity contribution is -0.711. The van der Waals surface area contributed by atoms with Crippen LogP contribution in [0.4, 0.5) is 14.6 Å². The summed E-state index contributed by atoms with van der Waals surface area (Å²) in [5, 5.41) is 22.2. The Kier molecular flexibility index (Phi) is 10.1. The predicted molar refractivity (Wildman–Crippen MR) is 150 cm³/mol. The van der Waals surface area contributed by atoms with Crippen LogP contribution >= 0.6 is 7.75 Å². The molecule has 0 spiro atoms. The fourth-order valence-electron chi connectivity index (χ4n) is 4.11.